The molecule has 0 bridgehead atoms. The number of anilines is 1. The third kappa shape index (κ3) is 7.63. The molecule has 8 rings (SSSR count). The number of halogens is 1. The average Bonchev–Trinajstić information content (AvgIpc) is 3.93. The number of pyridine rings is 1. The molecule has 0 aliphatic carbocycles. The van der Waals surface area contributed by atoms with Crippen LogP contribution in [0.4, 0.5) is 5.69 Å². The number of ether oxygens (including phenoxy) is 1. The molecule has 0 radical (unpaired) electrons. The van der Waals surface area contributed by atoms with Gasteiger partial charge >= 0.3 is 0 Å². The number of imidazole rings is 1. The predicted molar refractivity (Wildman–Crippen MR) is 206 cm³/mol. The van der Waals surface area contributed by atoms with E-state index in [0.29, 0.717) is 84.5 Å². The number of H-pyrrole nitrogens is 1. The van der Waals surface area contributed by atoms with Crippen LogP contribution in [0.5, 0.6) is 11.5 Å². The van der Waals surface area contributed by atoms with Gasteiger partial charge in [0.2, 0.25) is 17.7 Å². The summed E-state index contributed by atoms with van der Waals surface area (Å²) < 4.78 is 7.93. The highest BCUT2D eigenvalue weighted by molar-refractivity contribution is 6.32. The monoisotopic (exact) mass is 763 g/mol. The third-order valence-corrected chi connectivity index (χ3v) is 11.2. The van der Waals surface area contributed by atoms with Crippen molar-refractivity contribution in [1.82, 2.24) is 39.8 Å². The largest absolute Gasteiger partial charge is 0.453 e. The van der Waals surface area contributed by atoms with E-state index in [1.807, 2.05) is 54.2 Å². The van der Waals surface area contributed by atoms with Gasteiger partial charge in [0.1, 0.15) is 22.1 Å². The van der Waals surface area contributed by atoms with Gasteiger partial charge in [0.05, 0.1) is 23.4 Å². The summed E-state index contributed by atoms with van der Waals surface area (Å²) in [5, 5.41) is 7.15. The first-order valence-corrected chi connectivity index (χ1v) is 19.1. The molecule has 4 amide bonds. The van der Waals surface area contributed by atoms with Gasteiger partial charge in [0.15, 0.2) is 11.4 Å². The van der Waals surface area contributed by atoms with Crippen LogP contribution in [-0.4, -0.2) is 97.4 Å². The zero-order valence-corrected chi connectivity index (χ0v) is 31.5. The van der Waals surface area contributed by atoms with Crippen LogP contribution >= 0.6 is 11.6 Å². The second-order valence-corrected chi connectivity index (χ2v) is 15.0. The summed E-state index contributed by atoms with van der Waals surface area (Å²) in [4.78, 5) is 68.7. The normalized spacial score (nSPS) is 18.9. The van der Waals surface area contributed by atoms with Crippen molar-refractivity contribution in [3.05, 3.63) is 82.8 Å². The molecule has 0 saturated carbocycles. The molecule has 14 nitrogen and oxygen atoms in total. The number of benzene rings is 2. The minimum Gasteiger partial charge on any atom is -0.453 e. The molecule has 3 fully saturated rings. The van der Waals surface area contributed by atoms with Gasteiger partial charge in [0.25, 0.3) is 5.91 Å². The van der Waals surface area contributed by atoms with Crippen molar-refractivity contribution in [2.24, 2.45) is 13.0 Å². The Morgan fingerprint density at radius 3 is 2.44 bits per heavy atom. The van der Waals surface area contributed by atoms with Crippen molar-refractivity contribution in [1.29, 1.82) is 0 Å². The number of imide groups is 1. The number of likely N-dealkylation sites (tertiary alicyclic amines) is 1. The van der Waals surface area contributed by atoms with E-state index in [2.05, 4.69) is 30.3 Å². The van der Waals surface area contributed by atoms with Crippen LogP contribution in [-0.2, 0) is 21.4 Å². The van der Waals surface area contributed by atoms with Crippen LogP contribution in [0.25, 0.3) is 22.6 Å². The molecule has 284 valence electrons. The van der Waals surface area contributed by atoms with Gasteiger partial charge in [-0.1, -0.05) is 23.7 Å². The minimum atomic E-state index is -0.300. The van der Waals surface area contributed by atoms with Gasteiger partial charge in [0, 0.05) is 76.6 Å². The summed E-state index contributed by atoms with van der Waals surface area (Å²) in [6.07, 6.45) is 6.34. The Morgan fingerprint density at radius 1 is 0.964 bits per heavy atom. The molecule has 55 heavy (non-hydrogen) atoms. The van der Waals surface area contributed by atoms with Crippen LogP contribution in [0.1, 0.15) is 59.6 Å². The number of hydrogen-bond donors (Lipinski definition) is 2. The number of rotatable bonds is 9. The van der Waals surface area contributed by atoms with E-state index in [0.717, 1.165) is 48.4 Å². The van der Waals surface area contributed by atoms with Crippen molar-refractivity contribution in [3.63, 3.8) is 0 Å². The summed E-state index contributed by atoms with van der Waals surface area (Å²) in [6, 6.07) is 15.0. The van der Waals surface area contributed by atoms with Crippen LogP contribution in [0, 0.1) is 12.8 Å². The summed E-state index contributed by atoms with van der Waals surface area (Å²) >= 11 is 6.52. The van der Waals surface area contributed by atoms with Crippen molar-refractivity contribution in [3.8, 4) is 22.9 Å². The van der Waals surface area contributed by atoms with Gasteiger partial charge in [-0.2, -0.15) is 5.10 Å². The lowest BCUT2D eigenvalue weighted by molar-refractivity contribution is -0.134. The first kappa shape index (κ1) is 36.2. The molecule has 2 atom stereocenters. The van der Waals surface area contributed by atoms with Gasteiger partial charge in [-0.25, -0.2) is 9.97 Å². The number of fused-ring (bicyclic) bond motifs is 1. The van der Waals surface area contributed by atoms with Crippen LogP contribution in [0.3, 0.4) is 0 Å². The Balaban J connectivity index is 0.802. The Bertz CT molecular complexity index is 2260. The first-order chi connectivity index (χ1) is 26.6. The Hall–Kier alpha value is -5.76. The fraction of sp³-hybridized carbons (Fsp3) is 0.375. The molecular weight excluding hydrogens is 722 g/mol. The second kappa shape index (κ2) is 15.2. The number of amides is 4. The number of carbonyl (C=O) groups is 4. The van der Waals surface area contributed by atoms with Crippen molar-refractivity contribution >= 4 is 52.1 Å². The van der Waals surface area contributed by atoms with Crippen LogP contribution in [0.2, 0.25) is 5.02 Å². The van der Waals surface area contributed by atoms with Crippen LogP contribution in [0.15, 0.2) is 60.9 Å². The quantitative estimate of drug-likeness (QED) is 0.192. The number of piperidine rings is 1. The van der Waals surface area contributed by atoms with Crippen molar-refractivity contribution in [2.45, 2.75) is 44.9 Å². The van der Waals surface area contributed by atoms with E-state index in [4.69, 9.17) is 16.3 Å². The Kier molecular flexibility index (Phi) is 9.99. The maximum atomic E-state index is 13.4. The van der Waals surface area contributed by atoms with E-state index in [1.165, 1.54) is 6.20 Å². The lowest BCUT2D eigenvalue weighted by Gasteiger charge is -2.36. The maximum Gasteiger partial charge on any atom is 0.253 e. The molecule has 0 spiro atoms. The topological polar surface area (TPSA) is 159 Å². The smallest absolute Gasteiger partial charge is 0.253 e. The molecule has 3 aliphatic heterocycles. The molecule has 3 aromatic heterocycles. The summed E-state index contributed by atoms with van der Waals surface area (Å²) in [5.41, 5.74) is 5.23. The number of piperazine rings is 1. The number of nitrogens with zero attached hydrogens (tertiary/aromatic N) is 7. The highest BCUT2D eigenvalue weighted by atomic mass is 35.5. The standard InChI is InChI=1S/C40H42ClN9O5/c1-24-31(23-47(2)46-24)37-44-35-36(32(41)21-42-38(35)45-37)55-29-10-6-27(7-11-29)40(54)50-16-15-25(22-50)3-14-34(52)49-19-17-48(18-20-49)28-8-4-26(5-9-28)30-12-13-33(51)43-39(30)53/h4-11,21,23,25,30H,3,12-20,22H2,1-2H3,(H,42,44,45)(H,43,51,53)/t25?,30-/m0/s1. The molecule has 15 heteroatoms. The van der Waals surface area contributed by atoms with Gasteiger partial charge in [-0.05, 0) is 74.1 Å². The molecule has 5 aromatic rings. The number of aryl methyl sites for hydroxylation is 2. The summed E-state index contributed by atoms with van der Waals surface area (Å²) in [6.45, 7) is 5.94. The highest BCUT2D eigenvalue weighted by Gasteiger charge is 2.30. The minimum absolute atomic E-state index is 0.0453. The number of nitrogens with one attached hydrogen (secondary N) is 2. The Morgan fingerprint density at radius 2 is 1.73 bits per heavy atom. The molecule has 6 heterocycles. The first-order valence-electron chi connectivity index (χ1n) is 18.7. The van der Waals surface area contributed by atoms with E-state index in [-0.39, 0.29) is 35.5 Å². The number of aromatic nitrogens is 5. The second-order valence-electron chi connectivity index (χ2n) is 14.6. The number of hydrogen-bond acceptors (Lipinski definition) is 9. The van der Waals surface area contributed by atoms with E-state index >= 15 is 0 Å². The van der Waals surface area contributed by atoms with Crippen molar-refractivity contribution in [2.75, 3.05) is 44.2 Å². The lowest BCUT2D eigenvalue weighted by atomic mass is 9.90. The molecule has 2 N–H and O–H groups in total. The predicted octanol–water partition coefficient (Wildman–Crippen LogP) is 5.22. The van der Waals surface area contributed by atoms with Crippen LogP contribution < -0.4 is 15.0 Å². The molecule has 2 aromatic carbocycles. The Labute approximate surface area is 322 Å². The molecule has 3 aliphatic rings. The molecular formula is C40H42ClN9O5. The third-order valence-electron chi connectivity index (χ3n) is 10.9. The van der Waals surface area contributed by atoms with E-state index in [9.17, 15) is 19.2 Å². The molecule has 1 unspecified atom stereocenters. The van der Waals surface area contributed by atoms with E-state index < -0.39 is 0 Å². The lowest BCUT2D eigenvalue weighted by Crippen LogP contribution is -2.48. The number of carbonyl (C=O) groups excluding carboxylic acids is 4. The summed E-state index contributed by atoms with van der Waals surface area (Å²) in [7, 11) is 1.85. The number of aromatic amines is 1. The highest BCUT2D eigenvalue weighted by Crippen LogP contribution is 2.36. The fourth-order valence-electron chi connectivity index (χ4n) is 7.82. The van der Waals surface area contributed by atoms with Gasteiger partial charge in [-0.15, -0.1) is 0 Å². The van der Waals surface area contributed by atoms with E-state index in [1.54, 1.807) is 28.9 Å². The summed E-state index contributed by atoms with van der Waals surface area (Å²) in [5.74, 6) is 1.15. The van der Waals surface area contributed by atoms with Crippen molar-refractivity contribution < 1.29 is 23.9 Å². The van der Waals surface area contributed by atoms with Gasteiger partial charge < -0.3 is 24.4 Å². The zero-order valence-electron chi connectivity index (χ0n) is 30.8. The molecule has 3 saturated heterocycles. The maximum absolute atomic E-state index is 13.4. The average molecular weight is 764 g/mol. The zero-order chi connectivity index (χ0) is 38.2. The SMILES string of the molecule is Cc1nn(C)cc1-c1nc2ncc(Cl)c(Oc3ccc(C(=O)N4CCC(CCC(=O)N5CCN(c6ccc([C@@H]7CCC(=O)NC7=O)cc6)CC5)C4)cc3)c2[nH]1. The fourth-order valence-corrected chi connectivity index (χ4v) is 8.00. The van der Waals surface area contributed by atoms with Gasteiger partial charge in [-0.3, -0.25) is 29.2 Å².